The number of ether oxygens (including phenoxy) is 8. The van der Waals surface area contributed by atoms with Crippen LogP contribution in [0, 0.1) is 25.7 Å². The van der Waals surface area contributed by atoms with Crippen LogP contribution in [0.15, 0.2) is 18.2 Å². The largest absolute Gasteiger partial charge is 0.504 e. The molecule has 3 amide bonds. The molecule has 9 aliphatic rings. The van der Waals surface area contributed by atoms with Crippen LogP contribution in [0.5, 0.6) is 40.2 Å². The minimum atomic E-state index is -2.03. The molecular formula is C53H60N4O17S2. The van der Waals surface area contributed by atoms with E-state index >= 15 is 4.79 Å². The van der Waals surface area contributed by atoms with Gasteiger partial charge in [0, 0.05) is 60.5 Å². The second kappa shape index (κ2) is 19.7. The van der Waals surface area contributed by atoms with Gasteiger partial charge in [0.25, 0.3) is 0 Å². The molecule has 4 bridgehead atoms. The summed E-state index contributed by atoms with van der Waals surface area (Å²) in [6, 6.07) is 1.94. The molecule has 3 N–H and O–H groups in total. The number of aliphatic hydroxyl groups is 1. The average Bonchev–Trinajstić information content (AvgIpc) is 4.09. The number of likely N-dealkylation sites (N-methyl/N-ethyl adjacent to an activating group) is 1. The summed E-state index contributed by atoms with van der Waals surface area (Å²) >= 11 is 5.45. The Labute approximate surface area is 447 Å². The van der Waals surface area contributed by atoms with Crippen molar-refractivity contribution in [1.29, 1.82) is 0 Å². The Hall–Kier alpha value is -6.14. The van der Waals surface area contributed by atoms with Crippen LogP contribution in [-0.2, 0) is 56.6 Å². The molecule has 1 saturated carbocycles. The number of thiol groups is 1. The number of fused-ring (bicyclic) bond motifs is 9. The highest BCUT2D eigenvalue weighted by Gasteiger charge is 2.63. The van der Waals surface area contributed by atoms with Crippen LogP contribution in [0.4, 0.5) is 4.79 Å². The first-order valence-corrected chi connectivity index (χ1v) is 27.0. The topological polar surface area (TPSA) is 250 Å². The molecular weight excluding hydrogens is 1030 g/mol. The molecule has 3 aromatic rings. The number of aliphatic hydroxyl groups excluding tert-OH is 1. The Bertz CT molecular complexity index is 2970. The van der Waals surface area contributed by atoms with Crippen molar-refractivity contribution in [3.05, 3.63) is 62.7 Å². The van der Waals surface area contributed by atoms with Gasteiger partial charge in [-0.15, -0.1) is 11.8 Å². The fourth-order valence-corrected chi connectivity index (χ4v) is 15.4. The van der Waals surface area contributed by atoms with Gasteiger partial charge in [-0.2, -0.15) is 12.6 Å². The van der Waals surface area contributed by atoms with Crippen LogP contribution >= 0.6 is 24.4 Å². The van der Waals surface area contributed by atoms with Gasteiger partial charge in [-0.25, -0.2) is 9.59 Å². The first-order valence-electron chi connectivity index (χ1n) is 25.4. The molecule has 8 atom stereocenters. The first-order chi connectivity index (χ1) is 36.4. The Balaban J connectivity index is 0.975. The van der Waals surface area contributed by atoms with Crippen LogP contribution in [0.2, 0.25) is 0 Å². The van der Waals surface area contributed by atoms with Crippen LogP contribution in [0.25, 0.3) is 0 Å². The highest BCUT2D eigenvalue weighted by molar-refractivity contribution is 7.99. The Morgan fingerprint density at radius 3 is 2.36 bits per heavy atom. The third-order valence-corrected chi connectivity index (χ3v) is 18.8. The van der Waals surface area contributed by atoms with Crippen molar-refractivity contribution in [1.82, 2.24) is 19.6 Å². The normalized spacial score (nSPS) is 29.5. The van der Waals surface area contributed by atoms with Gasteiger partial charge in [-0.1, -0.05) is 6.07 Å². The molecule has 0 radical (unpaired) electrons. The maximum atomic E-state index is 15.7. The molecule has 3 aromatic carbocycles. The summed E-state index contributed by atoms with van der Waals surface area (Å²) in [5.74, 6) is -2.58. The Kier molecular flexibility index (Phi) is 13.5. The zero-order valence-electron chi connectivity index (χ0n) is 42.8. The van der Waals surface area contributed by atoms with E-state index in [9.17, 15) is 39.3 Å². The number of methoxy groups -OCH3 is 2. The minimum Gasteiger partial charge on any atom is -0.504 e. The van der Waals surface area contributed by atoms with Crippen molar-refractivity contribution < 1.29 is 82.0 Å². The highest BCUT2D eigenvalue weighted by Crippen LogP contribution is 2.65. The van der Waals surface area contributed by atoms with Crippen LogP contribution < -0.4 is 23.7 Å². The standard InChI is InChI=1S/C53H60N4O17S2/c1-23-13-29-14-31-48(62)57-32-19-69-51(65)53(20-76-47(41(57)40(54(31)4)37(29)42(61)43(23)68-6)39-38(32)46-45(70-21-71-46)24(2)44(39)74-25(3)58)30-16-34(67-5)33(59)15-28(30)11-12-56(53)52(66)73-22-72-50(64)27-9-7-26(8-10-27)18-55-36(60)17-35(75)49(55)63/h13,15-16,26-27,31-32,35,40-41,47-48,59,61-62,75H,7-12,14,17-22H2,1-6H3/t26?,27?,31-,32-,35?,40+,41+,47+,48?,53+/m0/s1. The number of esters is 3. The summed E-state index contributed by atoms with van der Waals surface area (Å²) in [6.07, 6.45) is 0.334. The second-order valence-corrected chi connectivity index (χ2v) is 22.6. The van der Waals surface area contributed by atoms with Gasteiger partial charge in [0.15, 0.2) is 40.0 Å². The van der Waals surface area contributed by atoms with Gasteiger partial charge >= 0.3 is 24.0 Å². The summed E-state index contributed by atoms with van der Waals surface area (Å²) in [5, 5.41) is 34.7. The maximum Gasteiger partial charge on any atom is 0.413 e. The number of nitrogens with zero attached hydrogens (tertiary/aromatic N) is 4. The summed E-state index contributed by atoms with van der Waals surface area (Å²) in [7, 11) is 4.72. The van der Waals surface area contributed by atoms with E-state index in [1.54, 1.807) is 6.92 Å². The zero-order chi connectivity index (χ0) is 53.8. The third-order valence-electron chi connectivity index (χ3n) is 16.9. The van der Waals surface area contributed by atoms with E-state index in [1.807, 2.05) is 29.8 Å². The van der Waals surface area contributed by atoms with E-state index in [-0.39, 0.29) is 90.5 Å². The van der Waals surface area contributed by atoms with Crippen molar-refractivity contribution in [2.45, 2.75) is 112 Å². The molecule has 8 aliphatic heterocycles. The molecule has 23 heteroatoms. The summed E-state index contributed by atoms with van der Waals surface area (Å²) in [5.41, 5.74) is 2.28. The van der Waals surface area contributed by atoms with Crippen molar-refractivity contribution >= 4 is 60.2 Å². The number of rotatable bonds is 8. The molecule has 21 nitrogen and oxygen atoms in total. The molecule has 4 fully saturated rings. The van der Waals surface area contributed by atoms with E-state index in [2.05, 4.69) is 12.6 Å². The van der Waals surface area contributed by atoms with Gasteiger partial charge in [0.1, 0.15) is 18.6 Å². The quantitative estimate of drug-likeness (QED) is 0.0789. The molecule has 406 valence electrons. The predicted molar refractivity (Wildman–Crippen MR) is 270 cm³/mol. The number of thioether (sulfide) groups is 1. The monoisotopic (exact) mass is 1090 g/mol. The number of benzene rings is 3. The van der Waals surface area contributed by atoms with E-state index in [0.717, 1.165) is 5.56 Å². The average molecular weight is 1090 g/mol. The SMILES string of the molecule is COc1cc2c(cc1O)CCN(C(=O)OCOC(=O)C1CCC(CN3C(=O)CC(S)C3=O)CC1)[C@]21CS[C@@H]2c3c(OC(C)=O)c(C)c4c(c3[C@H](COC1=O)N1C(O)[C@@H]3Cc5cc(C)c(OC)c(O)c5[C@H]([C@H]21)N3C)OCO4. The van der Waals surface area contributed by atoms with Gasteiger partial charge in [-0.05, 0) is 99.7 Å². The fraction of sp³-hybridized carbons (Fsp3) is 0.547. The number of phenolic OH excluding ortho intramolecular Hbond substituents is 2. The van der Waals surface area contributed by atoms with Crippen molar-refractivity contribution in [2.24, 2.45) is 11.8 Å². The third kappa shape index (κ3) is 8.07. The number of amides is 3. The Morgan fingerprint density at radius 1 is 0.908 bits per heavy atom. The van der Waals surface area contributed by atoms with Gasteiger partial charge < -0.3 is 53.2 Å². The van der Waals surface area contributed by atoms with E-state index < -0.39 is 89.8 Å². The lowest BCUT2D eigenvalue weighted by molar-refractivity contribution is -0.188. The molecule has 1 aliphatic carbocycles. The number of imide groups is 1. The highest BCUT2D eigenvalue weighted by atomic mass is 32.2. The zero-order valence-corrected chi connectivity index (χ0v) is 44.5. The molecule has 1 spiro atoms. The number of aromatic hydroxyl groups is 2. The van der Waals surface area contributed by atoms with E-state index in [1.165, 1.54) is 54.8 Å². The number of likely N-dealkylation sites (tertiary alicyclic amines) is 1. The van der Waals surface area contributed by atoms with E-state index in [4.69, 9.17) is 37.9 Å². The second-order valence-electron chi connectivity index (χ2n) is 20.9. The summed E-state index contributed by atoms with van der Waals surface area (Å²) in [4.78, 5) is 88.6. The van der Waals surface area contributed by atoms with Gasteiger partial charge in [0.2, 0.25) is 25.4 Å². The number of aryl methyl sites for hydroxylation is 1. The lowest BCUT2D eigenvalue weighted by Crippen LogP contribution is -2.70. The first kappa shape index (κ1) is 51.9. The van der Waals surface area contributed by atoms with Crippen molar-refractivity contribution in [2.75, 3.05) is 60.3 Å². The number of carbonyl (C=O) groups excluding carboxylic acids is 6. The van der Waals surface area contributed by atoms with Gasteiger partial charge in [0.05, 0.1) is 48.8 Å². The molecule has 3 saturated heterocycles. The predicted octanol–water partition coefficient (Wildman–Crippen LogP) is 4.63. The van der Waals surface area contributed by atoms with Crippen molar-refractivity contribution in [3.8, 4) is 40.2 Å². The van der Waals surface area contributed by atoms with Crippen LogP contribution in [0.3, 0.4) is 0 Å². The smallest absolute Gasteiger partial charge is 0.413 e. The molecule has 76 heavy (non-hydrogen) atoms. The number of piperazine rings is 1. The van der Waals surface area contributed by atoms with Gasteiger partial charge in [-0.3, -0.25) is 38.8 Å². The van der Waals surface area contributed by atoms with E-state index in [0.29, 0.717) is 77.0 Å². The number of phenols is 2. The number of carbonyl (C=O) groups is 6. The summed E-state index contributed by atoms with van der Waals surface area (Å²) in [6.45, 7) is 3.63. The molecule has 12 rings (SSSR count). The molecule has 0 aromatic heterocycles. The lowest BCUT2D eigenvalue weighted by atomic mass is 9.73. The maximum absolute atomic E-state index is 15.7. The number of hydrogen-bond acceptors (Lipinski definition) is 21. The Morgan fingerprint density at radius 2 is 1.66 bits per heavy atom. The lowest BCUT2D eigenvalue weighted by Gasteiger charge is -2.62. The summed E-state index contributed by atoms with van der Waals surface area (Å²) < 4.78 is 47.8. The fourth-order valence-electron chi connectivity index (χ4n) is 13.4. The minimum absolute atomic E-state index is 0.00799. The molecule has 2 unspecified atom stereocenters. The van der Waals surface area contributed by atoms with Crippen molar-refractivity contribution in [3.63, 3.8) is 0 Å². The number of hydrogen-bond donors (Lipinski definition) is 4. The van der Waals surface area contributed by atoms with Crippen LogP contribution in [0.1, 0.15) is 101 Å². The van der Waals surface area contributed by atoms with Crippen LogP contribution in [-0.4, -0.2) is 155 Å². The molecule has 8 heterocycles.